The molecule has 4 rings (SSSR count). The molecule has 134 valence electrons. The van der Waals surface area contributed by atoms with E-state index in [2.05, 4.69) is 59.9 Å². The number of nitrogens with one attached hydrogen (secondary N) is 1. The van der Waals surface area contributed by atoms with E-state index in [1.165, 1.54) is 43.2 Å². The van der Waals surface area contributed by atoms with Crippen molar-refractivity contribution in [2.75, 3.05) is 0 Å². The molecule has 1 N–H and O–H groups in total. The Hall–Kier alpha value is -2.20. The highest BCUT2D eigenvalue weighted by atomic mass is 32.1. The summed E-state index contributed by atoms with van der Waals surface area (Å²) in [7, 11) is 0. The van der Waals surface area contributed by atoms with Gasteiger partial charge in [0, 0.05) is 12.5 Å². The summed E-state index contributed by atoms with van der Waals surface area (Å²) in [5, 5.41) is 11.3. The van der Waals surface area contributed by atoms with Crippen LogP contribution in [0.25, 0.3) is 0 Å². The van der Waals surface area contributed by atoms with Crippen LogP contribution in [0.4, 0.5) is 0 Å². The summed E-state index contributed by atoms with van der Waals surface area (Å²) in [4.78, 5) is 0. The van der Waals surface area contributed by atoms with Gasteiger partial charge in [0.05, 0.1) is 11.8 Å². The molecule has 0 aromatic heterocycles. The number of benzene rings is 2. The van der Waals surface area contributed by atoms with Gasteiger partial charge in [0.25, 0.3) is 0 Å². The summed E-state index contributed by atoms with van der Waals surface area (Å²) in [5.74, 6) is 0. The van der Waals surface area contributed by atoms with E-state index < -0.39 is 0 Å². The van der Waals surface area contributed by atoms with Crippen molar-refractivity contribution in [1.29, 1.82) is 0 Å². The molecular formula is C22H25N3S. The van der Waals surface area contributed by atoms with Gasteiger partial charge in [-0.25, -0.2) is 5.01 Å². The number of hydrazone groups is 1. The van der Waals surface area contributed by atoms with Crippen LogP contribution in [0, 0.1) is 0 Å². The lowest BCUT2D eigenvalue weighted by Gasteiger charge is -2.29. The van der Waals surface area contributed by atoms with Crippen LogP contribution in [0.3, 0.4) is 0 Å². The summed E-state index contributed by atoms with van der Waals surface area (Å²) in [5.41, 5.74) is 3.54. The molecule has 1 fully saturated rings. The van der Waals surface area contributed by atoms with Crippen molar-refractivity contribution in [1.82, 2.24) is 10.3 Å². The highest BCUT2D eigenvalue weighted by molar-refractivity contribution is 7.80. The highest BCUT2D eigenvalue weighted by Gasteiger charge is 2.32. The van der Waals surface area contributed by atoms with E-state index >= 15 is 0 Å². The van der Waals surface area contributed by atoms with Gasteiger partial charge < -0.3 is 5.32 Å². The van der Waals surface area contributed by atoms with Crippen molar-refractivity contribution in [3.63, 3.8) is 0 Å². The maximum Gasteiger partial charge on any atom is 0.190 e. The Kier molecular flexibility index (Phi) is 5.30. The van der Waals surface area contributed by atoms with Crippen LogP contribution in [0.1, 0.15) is 55.7 Å². The van der Waals surface area contributed by atoms with Gasteiger partial charge in [0.15, 0.2) is 5.11 Å². The van der Waals surface area contributed by atoms with Crippen LogP contribution in [0.2, 0.25) is 0 Å². The highest BCUT2D eigenvalue weighted by Crippen LogP contribution is 2.33. The largest absolute Gasteiger partial charge is 0.358 e. The molecule has 0 spiro atoms. The van der Waals surface area contributed by atoms with Crippen LogP contribution < -0.4 is 5.32 Å². The first-order valence-corrected chi connectivity index (χ1v) is 9.99. The Morgan fingerprint density at radius 1 is 0.923 bits per heavy atom. The van der Waals surface area contributed by atoms with E-state index in [9.17, 15) is 0 Å². The smallest absolute Gasteiger partial charge is 0.190 e. The monoisotopic (exact) mass is 363 g/mol. The summed E-state index contributed by atoms with van der Waals surface area (Å²) in [6.07, 6.45) is 7.22. The molecule has 3 nitrogen and oxygen atoms in total. The second kappa shape index (κ2) is 8.00. The molecule has 1 aliphatic heterocycles. The third kappa shape index (κ3) is 3.80. The molecule has 1 atom stereocenters. The zero-order chi connectivity index (χ0) is 17.8. The maximum absolute atomic E-state index is 5.78. The van der Waals surface area contributed by atoms with Crippen molar-refractivity contribution in [2.45, 2.75) is 50.6 Å². The van der Waals surface area contributed by atoms with Crippen molar-refractivity contribution >= 4 is 23.0 Å². The number of hydrogen-bond acceptors (Lipinski definition) is 2. The molecular weight excluding hydrogens is 338 g/mol. The lowest BCUT2D eigenvalue weighted by atomic mass is 9.95. The predicted octanol–water partition coefficient (Wildman–Crippen LogP) is 5.04. The molecule has 1 unspecified atom stereocenters. The molecule has 1 saturated carbocycles. The summed E-state index contributed by atoms with van der Waals surface area (Å²) in [6.45, 7) is 0. The zero-order valence-corrected chi connectivity index (χ0v) is 15.8. The fourth-order valence-corrected chi connectivity index (χ4v) is 4.26. The second-order valence-electron chi connectivity index (χ2n) is 7.17. The average molecular weight is 364 g/mol. The molecule has 2 aromatic carbocycles. The van der Waals surface area contributed by atoms with E-state index in [-0.39, 0.29) is 6.04 Å². The Labute approximate surface area is 161 Å². The fourth-order valence-electron chi connectivity index (χ4n) is 3.93. The Balaban J connectivity index is 1.58. The van der Waals surface area contributed by atoms with Crippen molar-refractivity contribution < 1.29 is 0 Å². The maximum atomic E-state index is 5.78. The Morgan fingerprint density at radius 3 is 2.27 bits per heavy atom. The van der Waals surface area contributed by atoms with Gasteiger partial charge in [-0.2, -0.15) is 5.10 Å². The first kappa shape index (κ1) is 17.2. The van der Waals surface area contributed by atoms with Crippen LogP contribution in [0.15, 0.2) is 65.8 Å². The van der Waals surface area contributed by atoms with Crippen LogP contribution in [0.5, 0.6) is 0 Å². The van der Waals surface area contributed by atoms with Gasteiger partial charge in [0.2, 0.25) is 0 Å². The van der Waals surface area contributed by atoms with E-state index in [1.807, 2.05) is 11.1 Å². The lowest BCUT2D eigenvalue weighted by molar-refractivity contribution is 0.342. The van der Waals surface area contributed by atoms with E-state index in [0.717, 1.165) is 17.2 Å². The minimum atomic E-state index is 0.162. The number of rotatable bonds is 3. The molecule has 4 heteroatoms. The molecule has 0 radical (unpaired) electrons. The predicted molar refractivity (Wildman–Crippen MR) is 111 cm³/mol. The minimum Gasteiger partial charge on any atom is -0.358 e. The average Bonchev–Trinajstić information content (AvgIpc) is 3.16. The van der Waals surface area contributed by atoms with Crippen LogP contribution in [-0.4, -0.2) is 21.9 Å². The normalized spacial score (nSPS) is 20.7. The lowest BCUT2D eigenvalue weighted by Crippen LogP contribution is -2.43. The zero-order valence-electron chi connectivity index (χ0n) is 15.0. The molecule has 2 aromatic rings. The van der Waals surface area contributed by atoms with Gasteiger partial charge in [-0.05, 0) is 36.2 Å². The SMILES string of the molecule is S=C(NC1CCCCC1)N1N=C(c2ccccc2)CC1c1ccccc1. The van der Waals surface area contributed by atoms with Crippen molar-refractivity contribution in [3.05, 3.63) is 71.8 Å². The van der Waals surface area contributed by atoms with Gasteiger partial charge in [0.1, 0.15) is 0 Å². The van der Waals surface area contributed by atoms with Gasteiger partial charge in [-0.1, -0.05) is 79.9 Å². The molecule has 0 bridgehead atoms. The van der Waals surface area contributed by atoms with E-state index in [1.54, 1.807) is 0 Å². The first-order valence-electron chi connectivity index (χ1n) is 9.59. The number of nitrogens with zero attached hydrogens (tertiary/aromatic N) is 2. The van der Waals surface area contributed by atoms with E-state index in [0.29, 0.717) is 6.04 Å². The van der Waals surface area contributed by atoms with Crippen molar-refractivity contribution in [3.8, 4) is 0 Å². The molecule has 2 aliphatic rings. The molecule has 0 saturated heterocycles. The third-order valence-electron chi connectivity index (χ3n) is 5.34. The fraction of sp³-hybridized carbons (Fsp3) is 0.364. The van der Waals surface area contributed by atoms with Crippen LogP contribution >= 0.6 is 12.2 Å². The first-order chi connectivity index (χ1) is 12.8. The third-order valence-corrected chi connectivity index (χ3v) is 5.65. The van der Waals surface area contributed by atoms with Crippen molar-refractivity contribution in [2.24, 2.45) is 5.10 Å². The topological polar surface area (TPSA) is 27.6 Å². The summed E-state index contributed by atoms with van der Waals surface area (Å²) in [6, 6.07) is 21.7. The Bertz CT molecular complexity index is 766. The Morgan fingerprint density at radius 2 is 1.58 bits per heavy atom. The minimum absolute atomic E-state index is 0.162. The molecule has 1 aliphatic carbocycles. The van der Waals surface area contributed by atoms with Crippen LogP contribution in [-0.2, 0) is 0 Å². The van der Waals surface area contributed by atoms with Gasteiger partial charge in [-0.3, -0.25) is 0 Å². The molecule has 26 heavy (non-hydrogen) atoms. The van der Waals surface area contributed by atoms with Gasteiger partial charge >= 0.3 is 0 Å². The number of hydrogen-bond donors (Lipinski definition) is 1. The number of thiocarbonyl (C=S) groups is 1. The van der Waals surface area contributed by atoms with Gasteiger partial charge in [-0.15, -0.1) is 0 Å². The summed E-state index contributed by atoms with van der Waals surface area (Å²) >= 11 is 5.78. The molecule has 1 heterocycles. The van der Waals surface area contributed by atoms with E-state index in [4.69, 9.17) is 17.3 Å². The quantitative estimate of drug-likeness (QED) is 0.774. The summed E-state index contributed by atoms with van der Waals surface area (Å²) < 4.78 is 0. The second-order valence-corrected chi connectivity index (χ2v) is 7.56. The standard InChI is InChI=1S/C22H25N3S/c26-22(23-19-14-8-3-9-15-19)25-21(18-12-6-2-7-13-18)16-20(24-25)17-10-4-1-5-11-17/h1-2,4-7,10-13,19,21H,3,8-9,14-16H2,(H,23,26). The molecule has 0 amide bonds.